The molecule has 0 saturated carbocycles. The first kappa shape index (κ1) is 13.4. The van der Waals surface area contributed by atoms with E-state index in [0.717, 1.165) is 28.0 Å². The van der Waals surface area contributed by atoms with Crippen molar-refractivity contribution in [2.45, 2.75) is 6.92 Å². The van der Waals surface area contributed by atoms with E-state index in [9.17, 15) is 4.39 Å². The molecule has 0 bridgehead atoms. The molecular weight excluding hydrogens is 265 g/mol. The monoisotopic (exact) mass is 281 g/mol. The van der Waals surface area contributed by atoms with Gasteiger partial charge in [-0.15, -0.1) is 0 Å². The molecule has 0 spiro atoms. The topological polar surface area (TPSA) is 42.1 Å². The summed E-state index contributed by atoms with van der Waals surface area (Å²) in [4.78, 5) is 6.46. The van der Waals surface area contributed by atoms with Gasteiger partial charge in [0.15, 0.2) is 0 Å². The van der Waals surface area contributed by atoms with Gasteiger partial charge < -0.3 is 10.6 Å². The van der Waals surface area contributed by atoms with Crippen LogP contribution in [0.25, 0.3) is 10.9 Å². The van der Waals surface area contributed by atoms with Crippen molar-refractivity contribution in [3.8, 4) is 0 Å². The van der Waals surface area contributed by atoms with E-state index in [2.05, 4.69) is 4.98 Å². The van der Waals surface area contributed by atoms with Crippen LogP contribution >= 0.6 is 0 Å². The number of nitrogen functional groups attached to an aromatic ring is 1. The molecule has 0 atom stereocenters. The van der Waals surface area contributed by atoms with Crippen LogP contribution in [0.1, 0.15) is 5.69 Å². The standard InChI is InChI=1S/C17H16FN3/c1-11-8-17(15-10-13(19)6-7-16(15)20-11)21(2)14-5-3-4-12(18)9-14/h3-10H,19H2,1-2H3. The lowest BCUT2D eigenvalue weighted by molar-refractivity contribution is 0.628. The van der Waals surface area contributed by atoms with Gasteiger partial charge in [-0.2, -0.15) is 0 Å². The SMILES string of the molecule is Cc1cc(N(C)c2cccc(F)c2)c2cc(N)ccc2n1. The molecule has 4 heteroatoms. The molecule has 0 radical (unpaired) electrons. The number of pyridine rings is 1. The Kier molecular flexibility index (Phi) is 3.22. The van der Waals surface area contributed by atoms with Gasteiger partial charge in [0.1, 0.15) is 5.82 Å². The van der Waals surface area contributed by atoms with Crippen LogP contribution < -0.4 is 10.6 Å². The van der Waals surface area contributed by atoms with E-state index in [1.165, 1.54) is 12.1 Å². The van der Waals surface area contributed by atoms with Crippen LogP contribution in [0.4, 0.5) is 21.5 Å². The number of hydrogen-bond acceptors (Lipinski definition) is 3. The molecule has 0 amide bonds. The van der Waals surface area contributed by atoms with Crippen LogP contribution in [0.2, 0.25) is 0 Å². The quantitative estimate of drug-likeness (QED) is 0.721. The lowest BCUT2D eigenvalue weighted by Crippen LogP contribution is -2.11. The third-order valence-electron chi connectivity index (χ3n) is 3.50. The van der Waals surface area contributed by atoms with E-state index in [4.69, 9.17) is 5.73 Å². The highest BCUT2D eigenvalue weighted by molar-refractivity contribution is 5.95. The van der Waals surface area contributed by atoms with Crippen molar-refractivity contribution in [2.24, 2.45) is 0 Å². The minimum atomic E-state index is -0.256. The van der Waals surface area contributed by atoms with Crippen LogP contribution in [0.5, 0.6) is 0 Å². The van der Waals surface area contributed by atoms with Crippen LogP contribution in [-0.4, -0.2) is 12.0 Å². The van der Waals surface area contributed by atoms with E-state index in [-0.39, 0.29) is 5.82 Å². The summed E-state index contributed by atoms with van der Waals surface area (Å²) in [5.74, 6) is -0.256. The Balaban J connectivity index is 2.21. The van der Waals surface area contributed by atoms with Crippen molar-refractivity contribution in [2.75, 3.05) is 17.7 Å². The number of aromatic nitrogens is 1. The lowest BCUT2D eigenvalue weighted by Gasteiger charge is -2.22. The third-order valence-corrected chi connectivity index (χ3v) is 3.50. The first-order valence-electron chi connectivity index (χ1n) is 6.71. The number of fused-ring (bicyclic) bond motifs is 1. The number of hydrogen-bond donors (Lipinski definition) is 1. The Hall–Kier alpha value is -2.62. The minimum Gasteiger partial charge on any atom is -0.399 e. The van der Waals surface area contributed by atoms with Crippen molar-refractivity contribution < 1.29 is 4.39 Å². The summed E-state index contributed by atoms with van der Waals surface area (Å²) >= 11 is 0. The minimum absolute atomic E-state index is 0.256. The van der Waals surface area contributed by atoms with Gasteiger partial charge in [0, 0.05) is 29.5 Å². The molecule has 2 N–H and O–H groups in total. The maximum Gasteiger partial charge on any atom is 0.125 e. The van der Waals surface area contributed by atoms with Gasteiger partial charge in [-0.3, -0.25) is 4.98 Å². The van der Waals surface area contributed by atoms with Gasteiger partial charge in [0.05, 0.1) is 11.2 Å². The summed E-state index contributed by atoms with van der Waals surface area (Å²) in [7, 11) is 1.91. The molecule has 0 fully saturated rings. The smallest absolute Gasteiger partial charge is 0.125 e. The highest BCUT2D eigenvalue weighted by Gasteiger charge is 2.11. The summed E-state index contributed by atoms with van der Waals surface area (Å²) in [6.07, 6.45) is 0. The number of rotatable bonds is 2. The first-order chi connectivity index (χ1) is 10.0. The molecule has 106 valence electrons. The maximum atomic E-state index is 13.4. The van der Waals surface area contributed by atoms with E-state index >= 15 is 0 Å². The molecule has 3 nitrogen and oxygen atoms in total. The molecule has 0 unspecified atom stereocenters. The molecule has 0 aliphatic carbocycles. The molecular formula is C17H16FN3. The molecule has 3 rings (SSSR count). The number of halogens is 1. The van der Waals surface area contributed by atoms with E-state index < -0.39 is 0 Å². The van der Waals surface area contributed by atoms with E-state index in [0.29, 0.717) is 5.69 Å². The van der Waals surface area contributed by atoms with Crippen molar-refractivity contribution in [3.05, 3.63) is 60.0 Å². The van der Waals surface area contributed by atoms with Gasteiger partial charge in [-0.25, -0.2) is 4.39 Å². The van der Waals surface area contributed by atoms with E-state index in [1.807, 2.05) is 49.2 Å². The normalized spacial score (nSPS) is 10.8. The van der Waals surface area contributed by atoms with Crippen molar-refractivity contribution in [3.63, 3.8) is 0 Å². The lowest BCUT2D eigenvalue weighted by atomic mass is 10.1. The van der Waals surface area contributed by atoms with Crippen molar-refractivity contribution in [1.82, 2.24) is 4.98 Å². The average molecular weight is 281 g/mol. The van der Waals surface area contributed by atoms with Crippen LogP contribution in [-0.2, 0) is 0 Å². The van der Waals surface area contributed by atoms with Gasteiger partial charge in [0.2, 0.25) is 0 Å². The van der Waals surface area contributed by atoms with Crippen LogP contribution in [0, 0.1) is 12.7 Å². The second-order valence-electron chi connectivity index (χ2n) is 5.10. The summed E-state index contributed by atoms with van der Waals surface area (Å²) < 4.78 is 13.4. The Morgan fingerprint density at radius 1 is 1.10 bits per heavy atom. The number of benzene rings is 2. The molecule has 0 aliphatic rings. The van der Waals surface area contributed by atoms with Gasteiger partial charge >= 0.3 is 0 Å². The number of anilines is 3. The van der Waals surface area contributed by atoms with Gasteiger partial charge in [0.25, 0.3) is 0 Å². The molecule has 21 heavy (non-hydrogen) atoms. The molecule has 3 aromatic rings. The summed E-state index contributed by atoms with van der Waals surface area (Å²) in [6, 6.07) is 14.1. The highest BCUT2D eigenvalue weighted by atomic mass is 19.1. The third kappa shape index (κ3) is 2.52. The summed E-state index contributed by atoms with van der Waals surface area (Å²) in [5.41, 5.74) is 10.1. The van der Waals surface area contributed by atoms with Crippen molar-refractivity contribution >= 4 is 28.0 Å². The number of aryl methyl sites for hydroxylation is 1. The first-order valence-corrected chi connectivity index (χ1v) is 6.71. The number of nitrogens with zero attached hydrogens (tertiary/aromatic N) is 2. The molecule has 0 saturated heterocycles. The van der Waals surface area contributed by atoms with Gasteiger partial charge in [-0.1, -0.05) is 6.07 Å². The largest absolute Gasteiger partial charge is 0.399 e. The second-order valence-corrected chi connectivity index (χ2v) is 5.10. The Labute approximate surface area is 122 Å². The maximum absolute atomic E-state index is 13.4. The zero-order valence-corrected chi connectivity index (χ0v) is 12.0. The Morgan fingerprint density at radius 2 is 1.90 bits per heavy atom. The molecule has 1 heterocycles. The highest BCUT2D eigenvalue weighted by Crippen LogP contribution is 2.32. The fourth-order valence-electron chi connectivity index (χ4n) is 2.46. The Morgan fingerprint density at radius 3 is 2.67 bits per heavy atom. The summed E-state index contributed by atoms with van der Waals surface area (Å²) in [5, 5.41) is 0.951. The average Bonchev–Trinajstić information content (AvgIpc) is 2.46. The Bertz CT molecular complexity index is 814. The summed E-state index contributed by atoms with van der Waals surface area (Å²) in [6.45, 7) is 1.94. The van der Waals surface area contributed by atoms with Crippen molar-refractivity contribution in [1.29, 1.82) is 0 Å². The molecule has 0 aliphatic heterocycles. The van der Waals surface area contributed by atoms with Crippen LogP contribution in [0.15, 0.2) is 48.5 Å². The zero-order chi connectivity index (χ0) is 15.0. The fraction of sp³-hybridized carbons (Fsp3) is 0.118. The molecule has 2 aromatic carbocycles. The number of nitrogens with two attached hydrogens (primary N) is 1. The van der Waals surface area contributed by atoms with E-state index in [1.54, 1.807) is 6.07 Å². The predicted molar refractivity (Wildman–Crippen MR) is 85.4 cm³/mol. The fourth-order valence-corrected chi connectivity index (χ4v) is 2.46. The molecule has 1 aromatic heterocycles. The predicted octanol–water partition coefficient (Wildman–Crippen LogP) is 4.03. The second kappa shape index (κ2) is 5.05. The zero-order valence-electron chi connectivity index (χ0n) is 12.0. The van der Waals surface area contributed by atoms with Gasteiger partial charge in [-0.05, 0) is 49.4 Å². The van der Waals surface area contributed by atoms with Crippen LogP contribution in [0.3, 0.4) is 0 Å².